The van der Waals surface area contributed by atoms with Gasteiger partial charge in [0.2, 0.25) is 0 Å². The third-order valence-electron chi connectivity index (χ3n) is 2.81. The molecule has 0 aromatic carbocycles. The molecule has 0 aromatic rings. The van der Waals surface area contributed by atoms with Crippen molar-refractivity contribution >= 4 is 18.4 Å². The number of hydrogen-bond donors (Lipinski definition) is 1. The van der Waals surface area contributed by atoms with Crippen molar-refractivity contribution < 1.29 is 22.7 Å². The molecule has 1 rings (SSSR count). The van der Waals surface area contributed by atoms with Gasteiger partial charge < -0.3 is 10.1 Å². The zero-order chi connectivity index (χ0) is 12.2. The van der Waals surface area contributed by atoms with Crippen LogP contribution in [-0.2, 0) is 9.53 Å². The van der Waals surface area contributed by atoms with Crippen LogP contribution in [0.2, 0.25) is 0 Å². The van der Waals surface area contributed by atoms with E-state index in [4.69, 9.17) is 4.74 Å². The Kier molecular flexibility index (Phi) is 6.26. The average Bonchev–Trinajstić information content (AvgIpc) is 2.17. The van der Waals surface area contributed by atoms with E-state index in [-0.39, 0.29) is 31.9 Å². The summed E-state index contributed by atoms with van der Waals surface area (Å²) in [5.41, 5.74) is -1.38. The smallest absolute Gasteiger partial charge is 0.390 e. The van der Waals surface area contributed by atoms with E-state index in [1.165, 1.54) is 0 Å². The van der Waals surface area contributed by atoms with Crippen molar-refractivity contribution in [3.8, 4) is 0 Å². The number of hydrogen-bond acceptors (Lipinski definition) is 3. The molecule has 0 spiro atoms. The Balaban J connectivity index is 0.00000256. The molecule has 1 N–H and O–H groups in total. The topological polar surface area (TPSA) is 38.3 Å². The van der Waals surface area contributed by atoms with E-state index in [9.17, 15) is 18.0 Å². The van der Waals surface area contributed by atoms with Gasteiger partial charge in [0.25, 0.3) is 0 Å². The lowest BCUT2D eigenvalue weighted by Crippen LogP contribution is -2.45. The van der Waals surface area contributed by atoms with Crippen molar-refractivity contribution in [3.05, 3.63) is 0 Å². The summed E-state index contributed by atoms with van der Waals surface area (Å²) in [6.45, 7) is 2.57. The van der Waals surface area contributed by atoms with Crippen molar-refractivity contribution in [2.45, 2.75) is 32.4 Å². The summed E-state index contributed by atoms with van der Waals surface area (Å²) in [7, 11) is 0. The highest BCUT2D eigenvalue weighted by atomic mass is 35.5. The fourth-order valence-corrected chi connectivity index (χ4v) is 2.03. The summed E-state index contributed by atoms with van der Waals surface area (Å²) in [6.07, 6.45) is -5.04. The number of esters is 1. The van der Waals surface area contributed by atoms with Crippen LogP contribution in [0.5, 0.6) is 0 Å². The molecule has 0 bridgehead atoms. The predicted octanol–water partition coefficient (Wildman–Crippen LogP) is 2.29. The molecule has 1 heterocycles. The lowest BCUT2D eigenvalue weighted by atomic mass is 9.76. The molecule has 1 aliphatic rings. The van der Waals surface area contributed by atoms with Crippen molar-refractivity contribution in [1.82, 2.24) is 5.32 Å². The van der Waals surface area contributed by atoms with Crippen LogP contribution in [0.15, 0.2) is 0 Å². The van der Waals surface area contributed by atoms with Crippen molar-refractivity contribution in [2.24, 2.45) is 5.41 Å². The zero-order valence-corrected chi connectivity index (χ0v) is 10.4. The van der Waals surface area contributed by atoms with Gasteiger partial charge in [0, 0.05) is 0 Å². The number of alkyl halides is 3. The Bertz CT molecular complexity index is 252. The van der Waals surface area contributed by atoms with Gasteiger partial charge in [0.05, 0.1) is 18.4 Å². The molecule has 1 aliphatic heterocycles. The summed E-state index contributed by atoms with van der Waals surface area (Å²) < 4.78 is 42.1. The first kappa shape index (κ1) is 16.5. The van der Waals surface area contributed by atoms with Crippen LogP contribution in [0.1, 0.15) is 26.2 Å². The minimum absolute atomic E-state index is 0. The molecule has 0 unspecified atom stereocenters. The van der Waals surface area contributed by atoms with Gasteiger partial charge in [0.15, 0.2) is 0 Å². The maximum Gasteiger partial charge on any atom is 0.390 e. The van der Waals surface area contributed by atoms with Gasteiger partial charge in [-0.15, -0.1) is 12.4 Å². The van der Waals surface area contributed by atoms with Gasteiger partial charge in [-0.05, 0) is 32.9 Å². The van der Waals surface area contributed by atoms with Crippen LogP contribution in [0, 0.1) is 5.41 Å². The minimum atomic E-state index is -4.33. The van der Waals surface area contributed by atoms with E-state index in [1.54, 1.807) is 6.92 Å². The van der Waals surface area contributed by atoms with Crippen LogP contribution in [0.4, 0.5) is 13.2 Å². The summed E-state index contributed by atoms with van der Waals surface area (Å²) >= 11 is 0. The van der Waals surface area contributed by atoms with Gasteiger partial charge in [-0.3, -0.25) is 4.79 Å². The Morgan fingerprint density at radius 2 is 1.88 bits per heavy atom. The summed E-state index contributed by atoms with van der Waals surface area (Å²) in [5.74, 6) is -0.714. The second-order valence-corrected chi connectivity index (χ2v) is 4.04. The molecule has 0 saturated carbocycles. The summed E-state index contributed by atoms with van der Waals surface area (Å²) in [5, 5.41) is 2.95. The third-order valence-corrected chi connectivity index (χ3v) is 2.81. The van der Waals surface area contributed by atoms with E-state index in [0.29, 0.717) is 13.1 Å². The third kappa shape index (κ3) is 4.71. The summed E-state index contributed by atoms with van der Waals surface area (Å²) in [6, 6.07) is 0. The van der Waals surface area contributed by atoms with E-state index in [1.807, 2.05) is 0 Å². The first-order valence-corrected chi connectivity index (χ1v) is 5.34. The van der Waals surface area contributed by atoms with E-state index in [0.717, 1.165) is 0 Å². The first-order chi connectivity index (χ1) is 7.40. The number of halogens is 4. The SMILES string of the molecule is CCOC(=O)C1(CC(F)(F)F)CCNCC1.Cl. The van der Waals surface area contributed by atoms with Gasteiger partial charge in [0.1, 0.15) is 0 Å². The molecule has 1 fully saturated rings. The van der Waals surface area contributed by atoms with E-state index < -0.39 is 24.0 Å². The lowest BCUT2D eigenvalue weighted by molar-refractivity contribution is -0.185. The Morgan fingerprint density at radius 1 is 1.35 bits per heavy atom. The minimum Gasteiger partial charge on any atom is -0.466 e. The number of carbonyl (C=O) groups is 1. The molecule has 0 atom stereocenters. The van der Waals surface area contributed by atoms with Crippen molar-refractivity contribution in [1.29, 1.82) is 0 Å². The van der Waals surface area contributed by atoms with Crippen LogP contribution in [-0.4, -0.2) is 31.8 Å². The molecule has 0 aliphatic carbocycles. The number of rotatable bonds is 3. The van der Waals surface area contributed by atoms with Gasteiger partial charge in [-0.25, -0.2) is 0 Å². The number of ether oxygens (including phenoxy) is 1. The van der Waals surface area contributed by atoms with Crippen LogP contribution in [0.25, 0.3) is 0 Å². The van der Waals surface area contributed by atoms with E-state index >= 15 is 0 Å². The van der Waals surface area contributed by atoms with Crippen LogP contribution < -0.4 is 5.32 Å². The quantitative estimate of drug-likeness (QED) is 0.803. The molecular weight excluding hydrogens is 259 g/mol. The van der Waals surface area contributed by atoms with Gasteiger partial charge in [-0.1, -0.05) is 0 Å². The van der Waals surface area contributed by atoms with Crippen molar-refractivity contribution in [2.75, 3.05) is 19.7 Å². The maximum atomic E-state index is 12.5. The Morgan fingerprint density at radius 3 is 2.29 bits per heavy atom. The average molecular weight is 276 g/mol. The standard InChI is InChI=1S/C10H16F3NO2.ClH/c1-2-16-8(15)9(7-10(11,12)13)3-5-14-6-4-9;/h14H,2-7H2,1H3;1H. The predicted molar refractivity (Wildman–Crippen MR) is 59.1 cm³/mol. The fraction of sp³-hybridized carbons (Fsp3) is 0.900. The highest BCUT2D eigenvalue weighted by molar-refractivity contribution is 5.85. The molecule has 3 nitrogen and oxygen atoms in total. The number of carbonyl (C=O) groups excluding carboxylic acids is 1. The lowest BCUT2D eigenvalue weighted by Gasteiger charge is -2.35. The molecular formula is C10H17ClF3NO2. The molecule has 17 heavy (non-hydrogen) atoms. The first-order valence-electron chi connectivity index (χ1n) is 5.34. The Labute approximate surface area is 104 Å². The van der Waals surface area contributed by atoms with Gasteiger partial charge in [-0.2, -0.15) is 13.2 Å². The fourth-order valence-electron chi connectivity index (χ4n) is 2.03. The highest BCUT2D eigenvalue weighted by Crippen LogP contribution is 2.41. The van der Waals surface area contributed by atoms with Crippen LogP contribution in [0.3, 0.4) is 0 Å². The van der Waals surface area contributed by atoms with Gasteiger partial charge >= 0.3 is 12.1 Å². The van der Waals surface area contributed by atoms with Crippen LogP contribution >= 0.6 is 12.4 Å². The highest BCUT2D eigenvalue weighted by Gasteiger charge is 2.49. The maximum absolute atomic E-state index is 12.5. The largest absolute Gasteiger partial charge is 0.466 e. The second-order valence-electron chi connectivity index (χ2n) is 4.04. The number of nitrogens with one attached hydrogen (secondary N) is 1. The van der Waals surface area contributed by atoms with Crippen molar-refractivity contribution in [3.63, 3.8) is 0 Å². The summed E-state index contributed by atoms with van der Waals surface area (Å²) in [4.78, 5) is 11.6. The molecule has 1 saturated heterocycles. The Hall–Kier alpha value is -0.490. The second kappa shape index (κ2) is 6.44. The molecule has 7 heteroatoms. The molecule has 0 amide bonds. The normalized spacial score (nSPS) is 19.3. The zero-order valence-electron chi connectivity index (χ0n) is 9.60. The monoisotopic (exact) mass is 275 g/mol. The van der Waals surface area contributed by atoms with E-state index in [2.05, 4.69) is 5.32 Å². The molecule has 0 radical (unpaired) electrons. The molecule has 102 valence electrons. The number of piperidine rings is 1. The molecule has 0 aromatic heterocycles.